The van der Waals surface area contributed by atoms with Crippen molar-refractivity contribution in [1.82, 2.24) is 15.7 Å². The Labute approximate surface area is 248 Å². The largest absolute Gasteiger partial charge is 0.472 e. The van der Waals surface area contributed by atoms with E-state index >= 15 is 0 Å². The third-order valence-corrected chi connectivity index (χ3v) is 8.15. The number of hydrogen-bond donors (Lipinski definition) is 4. The van der Waals surface area contributed by atoms with Gasteiger partial charge in [0.1, 0.15) is 12.3 Å². The van der Waals surface area contributed by atoms with Gasteiger partial charge in [-0.2, -0.15) is 4.39 Å². The SMILES string of the molecule is CCCCCCCCCCCCCCCCOCCCOP(=O)(O)OCC1OC(n2cc(F)c(=O)[nH]c2=O)CC1O.N. The van der Waals surface area contributed by atoms with Gasteiger partial charge in [-0.15, -0.1) is 0 Å². The molecule has 4 unspecified atom stereocenters. The molecule has 6 N–H and O–H groups in total. The maximum atomic E-state index is 13.5. The van der Waals surface area contributed by atoms with Crippen LogP contribution < -0.4 is 17.4 Å². The molecule has 4 atom stereocenters. The Morgan fingerprint density at radius 2 is 1.48 bits per heavy atom. The molecule has 1 aromatic rings. The van der Waals surface area contributed by atoms with Gasteiger partial charge in [0.05, 0.1) is 25.5 Å². The molecule has 246 valence electrons. The van der Waals surface area contributed by atoms with E-state index in [4.69, 9.17) is 18.5 Å². The minimum absolute atomic E-state index is 0. The molecule has 1 aliphatic heterocycles. The lowest BCUT2D eigenvalue weighted by Gasteiger charge is -2.18. The van der Waals surface area contributed by atoms with Gasteiger partial charge in [-0.1, -0.05) is 90.4 Å². The molecule has 42 heavy (non-hydrogen) atoms. The Hall–Kier alpha value is -1.44. The van der Waals surface area contributed by atoms with E-state index in [1.165, 1.54) is 77.0 Å². The van der Waals surface area contributed by atoms with E-state index in [0.29, 0.717) is 25.8 Å². The van der Waals surface area contributed by atoms with Crippen LogP contribution in [0.3, 0.4) is 0 Å². The van der Waals surface area contributed by atoms with Gasteiger partial charge in [0.2, 0.25) is 5.82 Å². The number of unbranched alkanes of at least 4 members (excludes halogenated alkanes) is 13. The van der Waals surface area contributed by atoms with E-state index in [2.05, 4.69) is 6.92 Å². The summed E-state index contributed by atoms with van der Waals surface area (Å²) < 4.78 is 47.4. The summed E-state index contributed by atoms with van der Waals surface area (Å²) in [5, 5.41) is 10.2. The number of rotatable bonds is 24. The van der Waals surface area contributed by atoms with Crippen molar-refractivity contribution in [2.24, 2.45) is 0 Å². The zero-order chi connectivity index (χ0) is 29.9. The molecule has 1 fully saturated rings. The third-order valence-electron chi connectivity index (χ3n) is 7.17. The number of aliphatic hydroxyl groups excluding tert-OH is 1. The molecule has 0 aliphatic carbocycles. The van der Waals surface area contributed by atoms with Crippen LogP contribution in [-0.2, 0) is 23.1 Å². The Morgan fingerprint density at radius 3 is 2.07 bits per heavy atom. The average Bonchev–Trinajstić information content (AvgIpc) is 3.31. The van der Waals surface area contributed by atoms with Gasteiger partial charge in [0.15, 0.2) is 0 Å². The summed E-state index contributed by atoms with van der Waals surface area (Å²) >= 11 is 0. The van der Waals surface area contributed by atoms with Crippen LogP contribution in [0.5, 0.6) is 0 Å². The minimum Gasteiger partial charge on any atom is -0.390 e. The first-order valence-electron chi connectivity index (χ1n) is 15.3. The monoisotopic (exact) mass is 625 g/mol. The second-order valence-corrected chi connectivity index (χ2v) is 12.2. The highest BCUT2D eigenvalue weighted by Crippen LogP contribution is 2.44. The van der Waals surface area contributed by atoms with Crippen molar-refractivity contribution in [3.8, 4) is 0 Å². The molecule has 2 heterocycles. The van der Waals surface area contributed by atoms with Crippen LogP contribution in [0.1, 0.15) is 116 Å². The Balaban J connectivity index is 0.00000882. The van der Waals surface area contributed by atoms with Crippen LogP contribution in [0.15, 0.2) is 15.8 Å². The summed E-state index contributed by atoms with van der Waals surface area (Å²) in [6.45, 7) is 2.76. The third kappa shape index (κ3) is 15.9. The van der Waals surface area contributed by atoms with Gasteiger partial charge >= 0.3 is 13.5 Å². The number of aliphatic hydroxyl groups is 1. The van der Waals surface area contributed by atoms with E-state index < -0.39 is 49.9 Å². The Morgan fingerprint density at radius 1 is 0.929 bits per heavy atom. The molecule has 1 saturated heterocycles. The fourth-order valence-corrected chi connectivity index (χ4v) is 5.53. The summed E-state index contributed by atoms with van der Waals surface area (Å²) in [6, 6.07) is 0. The second-order valence-electron chi connectivity index (χ2n) is 10.7. The van der Waals surface area contributed by atoms with Gasteiger partial charge in [-0.3, -0.25) is 23.4 Å². The number of ether oxygens (including phenoxy) is 2. The molecule has 0 bridgehead atoms. The first-order valence-corrected chi connectivity index (χ1v) is 16.8. The molecule has 0 amide bonds. The van der Waals surface area contributed by atoms with Crippen molar-refractivity contribution in [3.05, 3.63) is 32.9 Å². The fraction of sp³-hybridized carbons (Fsp3) is 0.857. The van der Waals surface area contributed by atoms with Crippen LogP contribution in [0.4, 0.5) is 4.39 Å². The lowest BCUT2D eigenvalue weighted by atomic mass is 10.0. The van der Waals surface area contributed by atoms with Crippen molar-refractivity contribution in [1.29, 1.82) is 0 Å². The van der Waals surface area contributed by atoms with Crippen molar-refractivity contribution in [2.45, 2.75) is 128 Å². The number of phosphoric acid groups is 1. The Kier molecular flexibility index (Phi) is 20.3. The number of H-pyrrole nitrogens is 1. The molecule has 14 heteroatoms. The molecular formula is C28H53FN3O9P. The number of hydrogen-bond acceptors (Lipinski definition) is 9. The second kappa shape index (κ2) is 22.1. The first-order chi connectivity index (χ1) is 19.7. The summed E-state index contributed by atoms with van der Waals surface area (Å²) in [7, 11) is -4.40. The number of halogens is 1. The maximum absolute atomic E-state index is 13.5. The molecular weight excluding hydrogens is 572 g/mol. The molecule has 1 aromatic heterocycles. The van der Waals surface area contributed by atoms with Crippen molar-refractivity contribution in [3.63, 3.8) is 0 Å². The van der Waals surface area contributed by atoms with Crippen LogP contribution in [0.25, 0.3) is 0 Å². The lowest BCUT2D eigenvalue weighted by Crippen LogP contribution is -2.34. The van der Waals surface area contributed by atoms with E-state index in [-0.39, 0.29) is 19.2 Å². The van der Waals surface area contributed by atoms with Gasteiger partial charge in [-0.25, -0.2) is 9.36 Å². The van der Waals surface area contributed by atoms with E-state index in [9.17, 15) is 28.5 Å². The minimum atomic E-state index is -4.40. The molecule has 12 nitrogen and oxygen atoms in total. The van der Waals surface area contributed by atoms with Crippen LogP contribution in [0.2, 0.25) is 0 Å². The summed E-state index contributed by atoms with van der Waals surface area (Å²) in [5.41, 5.74) is -2.07. The molecule has 0 saturated carbocycles. The zero-order valence-corrected chi connectivity index (χ0v) is 26.1. The topological polar surface area (TPSA) is 184 Å². The van der Waals surface area contributed by atoms with Crippen LogP contribution in [0, 0.1) is 5.82 Å². The summed E-state index contributed by atoms with van der Waals surface area (Å²) in [6.07, 6.45) is 15.9. The zero-order valence-electron chi connectivity index (χ0n) is 25.2. The highest BCUT2D eigenvalue weighted by Gasteiger charge is 2.37. The maximum Gasteiger partial charge on any atom is 0.472 e. The smallest absolute Gasteiger partial charge is 0.390 e. The Bertz CT molecular complexity index is 1010. The van der Waals surface area contributed by atoms with E-state index in [1.54, 1.807) is 4.98 Å². The van der Waals surface area contributed by atoms with E-state index in [1.807, 2.05) is 0 Å². The fourth-order valence-electron chi connectivity index (χ4n) is 4.76. The van der Waals surface area contributed by atoms with E-state index in [0.717, 1.165) is 17.4 Å². The summed E-state index contributed by atoms with van der Waals surface area (Å²) in [4.78, 5) is 34.8. The quantitative estimate of drug-likeness (QED) is 0.0844. The average molecular weight is 626 g/mol. The number of phosphoric ester groups is 1. The molecule has 0 aromatic carbocycles. The van der Waals surface area contributed by atoms with Crippen molar-refractivity contribution < 1.29 is 37.5 Å². The van der Waals surface area contributed by atoms with Gasteiger partial charge < -0.3 is 25.6 Å². The highest BCUT2D eigenvalue weighted by molar-refractivity contribution is 7.47. The van der Waals surface area contributed by atoms with Crippen molar-refractivity contribution >= 4 is 7.82 Å². The normalized spacial score (nSPS) is 20.0. The molecule has 0 radical (unpaired) electrons. The van der Waals surface area contributed by atoms with Gasteiger partial charge in [0.25, 0.3) is 5.56 Å². The number of aromatic nitrogens is 2. The highest BCUT2D eigenvalue weighted by atomic mass is 31.2. The summed E-state index contributed by atoms with van der Waals surface area (Å²) in [5.74, 6) is -1.18. The van der Waals surface area contributed by atoms with Gasteiger partial charge in [0, 0.05) is 19.6 Å². The predicted octanol–water partition coefficient (Wildman–Crippen LogP) is 5.51. The van der Waals surface area contributed by atoms with Crippen LogP contribution >= 0.6 is 7.82 Å². The van der Waals surface area contributed by atoms with Gasteiger partial charge in [-0.05, 0) is 12.8 Å². The number of aromatic amines is 1. The van der Waals surface area contributed by atoms with Crippen molar-refractivity contribution in [2.75, 3.05) is 26.4 Å². The molecule has 0 spiro atoms. The van der Waals surface area contributed by atoms with Crippen LogP contribution in [-0.4, -0.2) is 58.2 Å². The molecule has 2 rings (SSSR count). The first kappa shape index (κ1) is 38.6. The standard InChI is InChI=1S/C28H50FN2O9P.H3N/c1-2-3-4-5-6-7-8-9-10-11-12-13-14-15-17-37-18-16-19-38-41(35,36)39-22-25-24(32)20-26(40-25)31-21-23(29)27(33)30-28(31)34;/h21,24-26,32H,2-20,22H2,1H3,(H,35,36)(H,30,33,34);1H3. The lowest BCUT2D eigenvalue weighted by molar-refractivity contribution is -0.0469. The number of nitrogens with one attached hydrogen (secondary N) is 1. The number of nitrogens with zero attached hydrogens (tertiary/aromatic N) is 1. The predicted molar refractivity (Wildman–Crippen MR) is 158 cm³/mol. The molecule has 1 aliphatic rings.